The average molecular weight is 321 g/mol. The fourth-order valence-electron chi connectivity index (χ4n) is 2.09. The van der Waals surface area contributed by atoms with Crippen molar-refractivity contribution >= 4 is 43.7 Å². The van der Waals surface area contributed by atoms with Gasteiger partial charge in [0, 0.05) is 44.2 Å². The second-order valence-electron chi connectivity index (χ2n) is 5.37. The number of aliphatic carboxylic acids is 1. The van der Waals surface area contributed by atoms with E-state index in [1.165, 1.54) is 44.9 Å². The van der Waals surface area contributed by atoms with Crippen LogP contribution in [0.3, 0.4) is 0 Å². The van der Waals surface area contributed by atoms with E-state index in [1.807, 2.05) is 0 Å². The molecular weight excluding hydrogens is 288 g/mol. The number of unbranched alkanes of at least 4 members (excludes halogenated alkanes) is 8. The first-order chi connectivity index (χ1) is 9.77. The van der Waals surface area contributed by atoms with Gasteiger partial charge in [0.25, 0.3) is 0 Å². The van der Waals surface area contributed by atoms with Crippen molar-refractivity contribution in [3.8, 4) is 0 Å². The molecule has 0 amide bonds. The van der Waals surface area contributed by atoms with Gasteiger partial charge in [-0.25, -0.2) is 0 Å². The van der Waals surface area contributed by atoms with Crippen LogP contribution in [0.1, 0.15) is 84.0 Å². The van der Waals surface area contributed by atoms with Crippen LogP contribution >= 0.6 is 0 Å². The number of hydrogen-bond acceptors (Lipinski definition) is 1. The number of carbonyl (C=O) groups is 1. The van der Waals surface area contributed by atoms with Gasteiger partial charge in [-0.3, -0.25) is 4.79 Å². The third kappa shape index (κ3) is 22.6. The van der Waals surface area contributed by atoms with E-state index in [1.54, 1.807) is 0 Å². The zero-order valence-corrected chi connectivity index (χ0v) is 16.1. The third-order valence-electron chi connectivity index (χ3n) is 3.34. The molecule has 0 aromatic rings. The molecule has 2 nitrogen and oxygen atoms in total. The summed E-state index contributed by atoms with van der Waals surface area (Å²) in [6.45, 7) is 2.23. The SMILES string of the molecule is CCCCC/C=C\C/C=C\CCCCCCCC(=O)O.[Ca]. The Bertz CT molecular complexity index is 272. The van der Waals surface area contributed by atoms with Gasteiger partial charge in [-0.15, -0.1) is 0 Å². The van der Waals surface area contributed by atoms with Gasteiger partial charge in [-0.2, -0.15) is 0 Å². The summed E-state index contributed by atoms with van der Waals surface area (Å²) in [6.07, 6.45) is 22.3. The quantitative estimate of drug-likeness (QED) is 0.260. The third-order valence-corrected chi connectivity index (χ3v) is 3.34. The van der Waals surface area contributed by atoms with Crippen molar-refractivity contribution in [3.05, 3.63) is 24.3 Å². The van der Waals surface area contributed by atoms with Crippen LogP contribution in [0.5, 0.6) is 0 Å². The van der Waals surface area contributed by atoms with Crippen molar-refractivity contribution in [1.82, 2.24) is 0 Å². The van der Waals surface area contributed by atoms with Crippen molar-refractivity contribution in [2.45, 2.75) is 84.0 Å². The maximum atomic E-state index is 10.3. The first-order valence-electron chi connectivity index (χ1n) is 8.29. The minimum atomic E-state index is -0.671. The van der Waals surface area contributed by atoms with Crippen LogP contribution in [-0.2, 0) is 4.79 Å². The summed E-state index contributed by atoms with van der Waals surface area (Å²) in [5.41, 5.74) is 0. The Morgan fingerprint density at radius 3 is 1.90 bits per heavy atom. The molecular formula is C18H32CaO2. The van der Waals surface area contributed by atoms with E-state index in [9.17, 15) is 4.79 Å². The van der Waals surface area contributed by atoms with E-state index in [0.29, 0.717) is 6.42 Å². The van der Waals surface area contributed by atoms with E-state index in [-0.39, 0.29) is 37.7 Å². The molecule has 0 unspecified atom stereocenters. The van der Waals surface area contributed by atoms with E-state index >= 15 is 0 Å². The number of rotatable bonds is 14. The molecule has 0 aromatic carbocycles. The summed E-state index contributed by atoms with van der Waals surface area (Å²) >= 11 is 0. The fourth-order valence-corrected chi connectivity index (χ4v) is 2.09. The minimum Gasteiger partial charge on any atom is -0.481 e. The first-order valence-corrected chi connectivity index (χ1v) is 8.29. The second-order valence-corrected chi connectivity index (χ2v) is 5.37. The summed E-state index contributed by atoms with van der Waals surface area (Å²) in [7, 11) is 0. The van der Waals surface area contributed by atoms with Gasteiger partial charge in [0.15, 0.2) is 0 Å². The molecule has 0 atom stereocenters. The molecule has 118 valence electrons. The van der Waals surface area contributed by atoms with Gasteiger partial charge in [-0.1, -0.05) is 63.3 Å². The Balaban J connectivity index is 0. The second kappa shape index (κ2) is 20.2. The maximum absolute atomic E-state index is 10.3. The number of hydrogen-bond donors (Lipinski definition) is 1. The standard InChI is InChI=1S/C18H32O2.Ca/c1-2-3-4-5-6-7-8-9-10-11-12-13-14-15-16-17-18(19)20;/h6-7,9-10H,2-5,8,11-17H2,1H3,(H,19,20);/b7-6-,10-9-;. The molecule has 0 saturated carbocycles. The Morgan fingerprint density at radius 2 is 1.33 bits per heavy atom. The summed E-state index contributed by atoms with van der Waals surface area (Å²) in [6, 6.07) is 0. The number of allylic oxidation sites excluding steroid dienone is 4. The van der Waals surface area contributed by atoms with Gasteiger partial charge in [-0.05, 0) is 38.5 Å². The molecule has 0 rings (SSSR count). The van der Waals surface area contributed by atoms with Crippen LogP contribution in [0, 0.1) is 0 Å². The van der Waals surface area contributed by atoms with Crippen molar-refractivity contribution < 1.29 is 9.90 Å². The van der Waals surface area contributed by atoms with Crippen molar-refractivity contribution in [3.63, 3.8) is 0 Å². The molecule has 0 spiro atoms. The molecule has 0 fully saturated rings. The number of carboxylic acids is 1. The van der Waals surface area contributed by atoms with E-state index in [4.69, 9.17) is 5.11 Å². The predicted molar refractivity (Wildman–Crippen MR) is 92.7 cm³/mol. The van der Waals surface area contributed by atoms with Crippen LogP contribution < -0.4 is 0 Å². The van der Waals surface area contributed by atoms with Gasteiger partial charge in [0.1, 0.15) is 0 Å². The zero-order valence-electron chi connectivity index (χ0n) is 13.9. The largest absolute Gasteiger partial charge is 0.481 e. The average Bonchev–Trinajstić information content (AvgIpc) is 2.43. The van der Waals surface area contributed by atoms with Gasteiger partial charge in [0.05, 0.1) is 0 Å². The molecule has 3 heteroatoms. The smallest absolute Gasteiger partial charge is 0.303 e. The molecule has 1 N–H and O–H groups in total. The molecule has 0 aliphatic rings. The van der Waals surface area contributed by atoms with Crippen molar-refractivity contribution in [2.24, 2.45) is 0 Å². The Kier molecular flexibility index (Phi) is 22.6. The molecule has 0 aliphatic carbocycles. The topological polar surface area (TPSA) is 37.3 Å². The van der Waals surface area contributed by atoms with Crippen LogP contribution in [0.4, 0.5) is 0 Å². The summed E-state index contributed by atoms with van der Waals surface area (Å²) in [5.74, 6) is -0.671. The Morgan fingerprint density at radius 1 is 0.810 bits per heavy atom. The maximum Gasteiger partial charge on any atom is 0.303 e. The molecule has 0 aromatic heterocycles. The normalized spacial score (nSPS) is 11.1. The van der Waals surface area contributed by atoms with Crippen LogP contribution in [-0.4, -0.2) is 48.8 Å². The fraction of sp³-hybridized carbons (Fsp3) is 0.722. The van der Waals surface area contributed by atoms with E-state index < -0.39 is 5.97 Å². The Labute approximate surface area is 161 Å². The molecule has 0 bridgehead atoms. The van der Waals surface area contributed by atoms with Crippen LogP contribution in [0.25, 0.3) is 0 Å². The molecule has 0 saturated heterocycles. The van der Waals surface area contributed by atoms with Crippen molar-refractivity contribution in [2.75, 3.05) is 0 Å². The summed E-state index contributed by atoms with van der Waals surface area (Å²) in [4.78, 5) is 10.3. The molecule has 0 heterocycles. The zero-order chi connectivity index (χ0) is 14.9. The molecule has 2 radical (unpaired) electrons. The molecule has 21 heavy (non-hydrogen) atoms. The summed E-state index contributed by atoms with van der Waals surface area (Å²) in [5, 5.41) is 8.50. The van der Waals surface area contributed by atoms with Gasteiger partial charge in [0.2, 0.25) is 0 Å². The minimum absolute atomic E-state index is 0. The number of carboxylic acid groups (broad SMARTS) is 1. The van der Waals surface area contributed by atoms with Gasteiger partial charge < -0.3 is 5.11 Å². The Hall–Kier alpha value is 0.210. The molecule has 0 aliphatic heterocycles. The monoisotopic (exact) mass is 320 g/mol. The predicted octanol–water partition coefficient (Wildman–Crippen LogP) is 5.50. The first kappa shape index (κ1) is 23.5. The van der Waals surface area contributed by atoms with Gasteiger partial charge >= 0.3 is 5.97 Å². The van der Waals surface area contributed by atoms with Crippen LogP contribution in [0.15, 0.2) is 24.3 Å². The van der Waals surface area contributed by atoms with Crippen LogP contribution in [0.2, 0.25) is 0 Å². The summed E-state index contributed by atoms with van der Waals surface area (Å²) < 4.78 is 0. The van der Waals surface area contributed by atoms with E-state index in [2.05, 4.69) is 31.2 Å². The van der Waals surface area contributed by atoms with E-state index in [0.717, 1.165) is 25.7 Å². The van der Waals surface area contributed by atoms with Crippen molar-refractivity contribution in [1.29, 1.82) is 0 Å².